The lowest BCUT2D eigenvalue weighted by Crippen LogP contribution is -2.05. The summed E-state index contributed by atoms with van der Waals surface area (Å²) in [7, 11) is 0. The summed E-state index contributed by atoms with van der Waals surface area (Å²) in [6, 6.07) is 22.1. The number of carbonyl (C=O) groups is 1. The van der Waals surface area contributed by atoms with Crippen LogP contribution in [0.25, 0.3) is 28.0 Å². The number of amides is 1. The molecule has 0 radical (unpaired) electrons. The second-order valence-electron chi connectivity index (χ2n) is 5.92. The summed E-state index contributed by atoms with van der Waals surface area (Å²) >= 11 is 0. The highest BCUT2D eigenvalue weighted by Gasteiger charge is 2.08. The molecule has 4 aromatic rings. The Hall–Kier alpha value is -3.40. The van der Waals surface area contributed by atoms with E-state index in [0.717, 1.165) is 33.7 Å². The molecule has 2 aromatic carbocycles. The smallest absolute Gasteiger partial charge is 0.221 e. The number of hydrogen-bond acceptors (Lipinski definition) is 2. The molecule has 0 unspecified atom stereocenters. The van der Waals surface area contributed by atoms with Gasteiger partial charge in [-0.25, -0.2) is 4.98 Å². The summed E-state index contributed by atoms with van der Waals surface area (Å²) in [5, 5.41) is 2.83. The molecule has 0 spiro atoms. The monoisotopic (exact) mass is 327 g/mol. The van der Waals surface area contributed by atoms with Crippen LogP contribution in [0, 0.1) is 0 Å². The van der Waals surface area contributed by atoms with Gasteiger partial charge < -0.3 is 5.32 Å². The van der Waals surface area contributed by atoms with Crippen LogP contribution in [0.5, 0.6) is 0 Å². The van der Waals surface area contributed by atoms with Gasteiger partial charge in [-0.1, -0.05) is 42.5 Å². The molecule has 0 fully saturated rings. The van der Waals surface area contributed by atoms with Crippen LogP contribution in [0.1, 0.15) is 6.92 Å². The molecule has 0 aliphatic carbocycles. The van der Waals surface area contributed by atoms with Crippen LogP contribution in [-0.4, -0.2) is 15.3 Å². The van der Waals surface area contributed by atoms with Gasteiger partial charge >= 0.3 is 0 Å². The van der Waals surface area contributed by atoms with Crippen LogP contribution in [-0.2, 0) is 4.79 Å². The van der Waals surface area contributed by atoms with Gasteiger partial charge in [0.25, 0.3) is 0 Å². The van der Waals surface area contributed by atoms with Gasteiger partial charge in [0, 0.05) is 24.4 Å². The molecule has 0 saturated carbocycles. The number of aromatic nitrogens is 2. The van der Waals surface area contributed by atoms with E-state index in [4.69, 9.17) is 0 Å². The number of benzene rings is 2. The number of rotatable bonds is 3. The molecule has 2 heterocycles. The fourth-order valence-corrected chi connectivity index (χ4v) is 2.95. The maximum absolute atomic E-state index is 11.3. The number of hydrogen-bond donors (Lipinski definition) is 1. The molecule has 4 rings (SSSR count). The van der Waals surface area contributed by atoms with E-state index in [1.54, 1.807) is 0 Å². The Morgan fingerprint density at radius 1 is 0.920 bits per heavy atom. The average Bonchev–Trinajstić information content (AvgIpc) is 3.05. The molecule has 1 amide bonds. The third kappa shape index (κ3) is 3.02. The Balaban J connectivity index is 1.80. The Kier molecular flexibility index (Phi) is 3.78. The quantitative estimate of drug-likeness (QED) is 0.596. The fourth-order valence-electron chi connectivity index (χ4n) is 2.95. The Morgan fingerprint density at radius 2 is 1.72 bits per heavy atom. The normalized spacial score (nSPS) is 10.8. The Bertz CT molecular complexity index is 1050. The second-order valence-corrected chi connectivity index (χ2v) is 5.92. The summed E-state index contributed by atoms with van der Waals surface area (Å²) in [4.78, 5) is 15.8. The van der Waals surface area contributed by atoms with Crippen molar-refractivity contribution < 1.29 is 4.79 Å². The van der Waals surface area contributed by atoms with E-state index >= 15 is 0 Å². The molecule has 122 valence electrons. The highest BCUT2D eigenvalue weighted by molar-refractivity contribution is 5.89. The number of nitrogens with one attached hydrogen (secondary N) is 1. The van der Waals surface area contributed by atoms with Gasteiger partial charge in [-0.3, -0.25) is 9.20 Å². The van der Waals surface area contributed by atoms with E-state index in [2.05, 4.69) is 33.0 Å². The van der Waals surface area contributed by atoms with E-state index < -0.39 is 0 Å². The first kappa shape index (κ1) is 15.1. The second kappa shape index (κ2) is 6.24. The molecule has 0 aliphatic rings. The van der Waals surface area contributed by atoms with Gasteiger partial charge in [0.2, 0.25) is 5.91 Å². The molecule has 1 N–H and O–H groups in total. The molecular weight excluding hydrogens is 310 g/mol. The summed E-state index contributed by atoms with van der Waals surface area (Å²) in [5.41, 5.74) is 5.98. The standard InChI is InChI=1S/C21H17N3O/c1-15(25)23-19-9-5-8-17(12-19)18-10-11-21-22-13-20(24(21)14-18)16-6-3-2-4-7-16/h2-14H,1H3,(H,23,25). The zero-order chi connectivity index (χ0) is 17.2. The highest BCUT2D eigenvalue weighted by Crippen LogP contribution is 2.26. The van der Waals surface area contributed by atoms with E-state index in [1.807, 2.05) is 60.8 Å². The van der Waals surface area contributed by atoms with Crippen molar-refractivity contribution in [1.29, 1.82) is 0 Å². The predicted molar refractivity (Wildman–Crippen MR) is 100 cm³/mol. The van der Waals surface area contributed by atoms with Gasteiger partial charge in [-0.15, -0.1) is 0 Å². The molecule has 0 saturated heterocycles. The number of nitrogens with zero attached hydrogens (tertiary/aromatic N) is 2. The van der Waals surface area contributed by atoms with Gasteiger partial charge in [0.15, 0.2) is 0 Å². The van der Waals surface area contributed by atoms with Crippen molar-refractivity contribution in [2.24, 2.45) is 0 Å². The zero-order valence-corrected chi connectivity index (χ0v) is 13.8. The van der Waals surface area contributed by atoms with Crippen molar-refractivity contribution in [1.82, 2.24) is 9.38 Å². The summed E-state index contributed by atoms with van der Waals surface area (Å²) < 4.78 is 2.09. The first-order valence-electron chi connectivity index (χ1n) is 8.11. The minimum atomic E-state index is -0.0754. The largest absolute Gasteiger partial charge is 0.326 e. The van der Waals surface area contributed by atoms with E-state index in [9.17, 15) is 4.79 Å². The van der Waals surface area contributed by atoms with Crippen LogP contribution in [0.4, 0.5) is 5.69 Å². The van der Waals surface area contributed by atoms with Crippen LogP contribution >= 0.6 is 0 Å². The minimum Gasteiger partial charge on any atom is -0.326 e. The lowest BCUT2D eigenvalue weighted by atomic mass is 10.1. The lowest BCUT2D eigenvalue weighted by molar-refractivity contribution is -0.114. The van der Waals surface area contributed by atoms with Crippen molar-refractivity contribution in [3.63, 3.8) is 0 Å². The molecule has 25 heavy (non-hydrogen) atoms. The Morgan fingerprint density at radius 3 is 2.52 bits per heavy atom. The van der Waals surface area contributed by atoms with Crippen LogP contribution < -0.4 is 5.32 Å². The fraction of sp³-hybridized carbons (Fsp3) is 0.0476. The number of fused-ring (bicyclic) bond motifs is 1. The first-order valence-corrected chi connectivity index (χ1v) is 8.11. The van der Waals surface area contributed by atoms with Crippen molar-refractivity contribution in [2.75, 3.05) is 5.32 Å². The molecular formula is C21H17N3O. The number of imidazole rings is 1. The first-order chi connectivity index (χ1) is 12.2. The predicted octanol–water partition coefficient (Wildman–Crippen LogP) is 4.63. The van der Waals surface area contributed by atoms with Crippen molar-refractivity contribution in [3.05, 3.63) is 79.1 Å². The van der Waals surface area contributed by atoms with E-state index in [0.29, 0.717) is 0 Å². The number of anilines is 1. The third-order valence-electron chi connectivity index (χ3n) is 4.09. The maximum Gasteiger partial charge on any atom is 0.221 e. The van der Waals surface area contributed by atoms with E-state index in [-0.39, 0.29) is 5.91 Å². The van der Waals surface area contributed by atoms with Gasteiger partial charge in [0.1, 0.15) is 5.65 Å². The van der Waals surface area contributed by atoms with Gasteiger partial charge in [-0.05, 0) is 35.4 Å². The molecule has 4 nitrogen and oxygen atoms in total. The zero-order valence-electron chi connectivity index (χ0n) is 13.8. The molecule has 0 atom stereocenters. The topological polar surface area (TPSA) is 46.4 Å². The van der Waals surface area contributed by atoms with Crippen LogP contribution in [0.2, 0.25) is 0 Å². The summed E-state index contributed by atoms with van der Waals surface area (Å²) in [6.07, 6.45) is 3.97. The number of pyridine rings is 1. The van der Waals surface area contributed by atoms with Crippen LogP contribution in [0.3, 0.4) is 0 Å². The molecule has 0 aliphatic heterocycles. The van der Waals surface area contributed by atoms with E-state index in [1.165, 1.54) is 6.92 Å². The Labute approximate surface area is 145 Å². The SMILES string of the molecule is CC(=O)Nc1cccc(-c2ccc3ncc(-c4ccccc4)n3c2)c1. The van der Waals surface area contributed by atoms with Crippen LogP contribution in [0.15, 0.2) is 79.1 Å². The maximum atomic E-state index is 11.3. The molecule has 2 aromatic heterocycles. The molecule has 4 heteroatoms. The lowest BCUT2D eigenvalue weighted by Gasteiger charge is -2.08. The number of carbonyl (C=O) groups excluding carboxylic acids is 1. The third-order valence-corrected chi connectivity index (χ3v) is 4.09. The summed E-state index contributed by atoms with van der Waals surface area (Å²) in [6.45, 7) is 1.51. The van der Waals surface area contributed by atoms with Crippen molar-refractivity contribution >= 4 is 17.2 Å². The van der Waals surface area contributed by atoms with Gasteiger partial charge in [-0.2, -0.15) is 0 Å². The minimum absolute atomic E-state index is 0.0754. The van der Waals surface area contributed by atoms with Crippen molar-refractivity contribution in [3.8, 4) is 22.4 Å². The molecule has 0 bridgehead atoms. The average molecular weight is 327 g/mol. The van der Waals surface area contributed by atoms with Crippen molar-refractivity contribution in [2.45, 2.75) is 6.92 Å². The summed E-state index contributed by atoms with van der Waals surface area (Å²) in [5.74, 6) is -0.0754. The van der Waals surface area contributed by atoms with Gasteiger partial charge in [0.05, 0.1) is 11.9 Å². The highest BCUT2D eigenvalue weighted by atomic mass is 16.1.